The smallest absolute Gasteiger partial charge is 0.255 e. The Morgan fingerprint density at radius 1 is 1.15 bits per heavy atom. The van der Waals surface area contributed by atoms with Gasteiger partial charge in [-0.3, -0.25) is 10.2 Å². The number of alkyl halides is 2. The molecule has 3 N–H and O–H groups in total. The molecule has 0 bridgehead atoms. The molecule has 2 aromatic rings. The fourth-order valence-corrected chi connectivity index (χ4v) is 3.06. The Balaban J connectivity index is 1.91. The number of amides is 1. The number of carbonyl (C=O) groups excluding carboxylic acids is 1. The summed E-state index contributed by atoms with van der Waals surface area (Å²) in [6, 6.07) is 7.18. The molecule has 1 fully saturated rings. The van der Waals surface area contributed by atoms with E-state index in [4.69, 9.17) is 23.2 Å². The highest BCUT2D eigenvalue weighted by atomic mass is 35.5. The zero-order valence-corrected chi connectivity index (χ0v) is 14.7. The van der Waals surface area contributed by atoms with Crippen LogP contribution in [0.1, 0.15) is 0 Å². The number of benzene rings is 2. The number of carbonyl (C=O) groups is 1. The molecular formula is C17H14Cl2F3N3O. The molecule has 138 valence electrons. The summed E-state index contributed by atoms with van der Waals surface area (Å²) >= 11 is 11.9. The van der Waals surface area contributed by atoms with E-state index in [-0.39, 0.29) is 17.3 Å². The topological polar surface area (TPSA) is 53.2 Å². The molecule has 9 heteroatoms. The molecule has 2 aromatic carbocycles. The molecule has 1 amide bonds. The van der Waals surface area contributed by atoms with Crippen LogP contribution in [0.2, 0.25) is 10.0 Å². The summed E-state index contributed by atoms with van der Waals surface area (Å²) in [5.74, 6) is -2.08. The maximum absolute atomic E-state index is 13.7. The summed E-state index contributed by atoms with van der Waals surface area (Å²) in [5, 5.41) is 3.21. The monoisotopic (exact) mass is 403 g/mol. The van der Waals surface area contributed by atoms with E-state index in [2.05, 4.69) is 16.2 Å². The van der Waals surface area contributed by atoms with Gasteiger partial charge in [-0.25, -0.2) is 18.6 Å². The number of hydrogen-bond acceptors (Lipinski definition) is 3. The van der Waals surface area contributed by atoms with E-state index < -0.39 is 30.1 Å². The quantitative estimate of drug-likeness (QED) is 0.720. The molecule has 4 nitrogen and oxygen atoms in total. The highest BCUT2D eigenvalue weighted by Gasteiger charge is 2.38. The minimum absolute atomic E-state index is 0.0597. The van der Waals surface area contributed by atoms with Crippen molar-refractivity contribution in [2.75, 3.05) is 11.9 Å². The summed E-state index contributed by atoms with van der Waals surface area (Å²) in [7, 11) is 0. The number of halogens is 5. The van der Waals surface area contributed by atoms with Gasteiger partial charge in [0, 0.05) is 17.8 Å². The highest BCUT2D eigenvalue weighted by molar-refractivity contribution is 6.42. The molecule has 1 heterocycles. The first-order valence-corrected chi connectivity index (χ1v) is 8.45. The molecule has 0 aliphatic carbocycles. The zero-order valence-electron chi connectivity index (χ0n) is 13.2. The Kier molecular flexibility index (Phi) is 5.72. The molecule has 0 radical (unpaired) electrons. The lowest BCUT2D eigenvalue weighted by Crippen LogP contribution is -2.41. The van der Waals surface area contributed by atoms with Crippen LogP contribution in [0.4, 0.5) is 18.9 Å². The van der Waals surface area contributed by atoms with Crippen molar-refractivity contribution in [3.63, 3.8) is 0 Å². The van der Waals surface area contributed by atoms with Gasteiger partial charge in [0.15, 0.2) is 0 Å². The van der Waals surface area contributed by atoms with Gasteiger partial charge in [-0.2, -0.15) is 0 Å². The molecule has 26 heavy (non-hydrogen) atoms. The third-order valence-corrected chi connectivity index (χ3v) is 4.84. The van der Waals surface area contributed by atoms with E-state index >= 15 is 0 Å². The predicted octanol–water partition coefficient (Wildman–Crippen LogP) is 4.10. The van der Waals surface area contributed by atoms with Gasteiger partial charge in [0.2, 0.25) is 5.91 Å². The second-order valence-electron chi connectivity index (χ2n) is 5.80. The molecule has 1 saturated heterocycles. The first kappa shape index (κ1) is 19.0. The minimum atomic E-state index is -2.71. The van der Waals surface area contributed by atoms with Crippen molar-refractivity contribution in [3.8, 4) is 11.1 Å². The van der Waals surface area contributed by atoms with Crippen LogP contribution in [0.25, 0.3) is 11.1 Å². The van der Waals surface area contributed by atoms with Crippen LogP contribution in [0, 0.1) is 11.7 Å². The summed E-state index contributed by atoms with van der Waals surface area (Å²) in [6.07, 6.45) is -2.71. The van der Waals surface area contributed by atoms with E-state index in [0.29, 0.717) is 16.1 Å². The Bertz CT molecular complexity index is 835. The molecule has 1 aliphatic heterocycles. The molecule has 0 spiro atoms. The van der Waals surface area contributed by atoms with Crippen molar-refractivity contribution >= 4 is 34.8 Å². The number of hydrogen-bond donors (Lipinski definition) is 3. The summed E-state index contributed by atoms with van der Waals surface area (Å²) in [5.41, 5.74) is 6.13. The predicted molar refractivity (Wildman–Crippen MR) is 94.9 cm³/mol. The van der Waals surface area contributed by atoms with Crippen LogP contribution in [-0.2, 0) is 4.79 Å². The van der Waals surface area contributed by atoms with Gasteiger partial charge >= 0.3 is 0 Å². The fourth-order valence-electron chi connectivity index (χ4n) is 2.76. The van der Waals surface area contributed by atoms with Gasteiger partial charge in [-0.1, -0.05) is 29.3 Å². The standard InChI is InChI=1S/C17H14Cl2F3N3O/c18-12-3-1-8(5-13(12)19)10-6-9(20)2-4-14(10)24-17(26)11-7-23-25-15(11)16(21)22/h1-6,11,15-16,23,25H,7H2,(H,24,26). The first-order valence-electron chi connectivity index (χ1n) is 7.69. The normalized spacial score (nSPS) is 19.8. The number of hydrazine groups is 1. The van der Waals surface area contributed by atoms with Crippen LogP contribution in [-0.4, -0.2) is 24.9 Å². The molecule has 1 aliphatic rings. The average Bonchev–Trinajstić information content (AvgIpc) is 3.09. The highest BCUT2D eigenvalue weighted by Crippen LogP contribution is 2.33. The van der Waals surface area contributed by atoms with Gasteiger partial charge in [0.25, 0.3) is 6.43 Å². The largest absolute Gasteiger partial charge is 0.325 e. The van der Waals surface area contributed by atoms with Gasteiger partial charge in [-0.05, 0) is 35.9 Å². The van der Waals surface area contributed by atoms with E-state index in [1.54, 1.807) is 12.1 Å². The van der Waals surface area contributed by atoms with Crippen LogP contribution >= 0.6 is 23.2 Å². The fraction of sp³-hybridized carbons (Fsp3) is 0.235. The molecule has 0 aromatic heterocycles. The van der Waals surface area contributed by atoms with Gasteiger partial charge in [0.05, 0.1) is 22.0 Å². The lowest BCUT2D eigenvalue weighted by Gasteiger charge is -2.18. The number of rotatable bonds is 4. The van der Waals surface area contributed by atoms with Crippen molar-refractivity contribution in [2.45, 2.75) is 12.5 Å². The third-order valence-electron chi connectivity index (χ3n) is 4.10. The van der Waals surface area contributed by atoms with E-state index in [1.165, 1.54) is 24.3 Å². The Labute approximate surface area is 157 Å². The van der Waals surface area contributed by atoms with Crippen molar-refractivity contribution < 1.29 is 18.0 Å². The van der Waals surface area contributed by atoms with E-state index in [0.717, 1.165) is 0 Å². The van der Waals surface area contributed by atoms with Crippen LogP contribution < -0.4 is 16.2 Å². The summed E-state index contributed by atoms with van der Waals surface area (Å²) in [4.78, 5) is 12.5. The number of nitrogens with one attached hydrogen (secondary N) is 3. The number of anilines is 1. The van der Waals surface area contributed by atoms with Crippen LogP contribution in [0.5, 0.6) is 0 Å². The summed E-state index contributed by atoms with van der Waals surface area (Å²) in [6.45, 7) is 0.0597. The lowest BCUT2D eigenvalue weighted by atomic mass is 9.99. The minimum Gasteiger partial charge on any atom is -0.325 e. The van der Waals surface area contributed by atoms with Crippen molar-refractivity contribution in [2.24, 2.45) is 5.92 Å². The summed E-state index contributed by atoms with van der Waals surface area (Å²) < 4.78 is 39.7. The molecule has 3 rings (SSSR count). The SMILES string of the molecule is O=C(Nc1ccc(F)cc1-c1ccc(Cl)c(Cl)c1)C1CNNC1C(F)F. The maximum atomic E-state index is 13.7. The Hall–Kier alpha value is -1.80. The zero-order chi connectivity index (χ0) is 18.8. The molecule has 2 atom stereocenters. The van der Waals surface area contributed by atoms with E-state index in [9.17, 15) is 18.0 Å². The van der Waals surface area contributed by atoms with Crippen molar-refractivity contribution in [1.29, 1.82) is 0 Å². The second kappa shape index (κ2) is 7.84. The van der Waals surface area contributed by atoms with Gasteiger partial charge in [0.1, 0.15) is 5.82 Å². The Morgan fingerprint density at radius 3 is 2.62 bits per heavy atom. The average molecular weight is 404 g/mol. The van der Waals surface area contributed by atoms with Gasteiger partial charge in [-0.15, -0.1) is 0 Å². The molecular weight excluding hydrogens is 390 g/mol. The molecule has 2 unspecified atom stereocenters. The van der Waals surface area contributed by atoms with Crippen LogP contribution in [0.3, 0.4) is 0 Å². The van der Waals surface area contributed by atoms with Crippen molar-refractivity contribution in [1.82, 2.24) is 10.9 Å². The maximum Gasteiger partial charge on any atom is 0.255 e. The third kappa shape index (κ3) is 3.96. The van der Waals surface area contributed by atoms with E-state index in [1.807, 2.05) is 0 Å². The van der Waals surface area contributed by atoms with Crippen LogP contribution in [0.15, 0.2) is 36.4 Å². The van der Waals surface area contributed by atoms with Crippen molar-refractivity contribution in [3.05, 3.63) is 52.3 Å². The first-order chi connectivity index (χ1) is 12.4. The molecule has 0 saturated carbocycles. The van der Waals surface area contributed by atoms with Gasteiger partial charge < -0.3 is 5.32 Å². The Morgan fingerprint density at radius 2 is 1.92 bits per heavy atom. The lowest BCUT2D eigenvalue weighted by molar-refractivity contribution is -0.121. The second-order valence-corrected chi connectivity index (χ2v) is 6.61.